The molecule has 0 fully saturated rings. The Kier molecular flexibility index (Phi) is 3.88. The molecule has 0 aliphatic carbocycles. The van der Waals surface area contributed by atoms with E-state index < -0.39 is 0 Å². The van der Waals surface area contributed by atoms with E-state index in [9.17, 15) is 5.11 Å². The minimum atomic E-state index is -0.261. The molecule has 3 aromatic carbocycles. The van der Waals surface area contributed by atoms with Gasteiger partial charge in [-0.15, -0.1) is 0 Å². The monoisotopic (exact) mass is 329 g/mol. The molecular formula is C20H15N3O2. The number of aromatic hydroxyl groups is 1. The first-order valence-electron chi connectivity index (χ1n) is 7.83. The van der Waals surface area contributed by atoms with Crippen LogP contribution in [0.15, 0.2) is 82.3 Å². The van der Waals surface area contributed by atoms with Crippen LogP contribution in [0, 0.1) is 0 Å². The van der Waals surface area contributed by atoms with E-state index in [-0.39, 0.29) is 11.6 Å². The molecule has 4 rings (SSSR count). The topological polar surface area (TPSA) is 70.7 Å². The lowest BCUT2D eigenvalue weighted by molar-refractivity contribution is 0.337. The van der Waals surface area contributed by atoms with Crippen molar-refractivity contribution in [3.8, 4) is 17.4 Å². The molecule has 0 aliphatic rings. The van der Waals surface area contributed by atoms with E-state index in [2.05, 4.69) is 21.6 Å². The molecule has 1 heterocycles. The molecule has 2 N–H and O–H groups in total. The molecule has 0 saturated carbocycles. The van der Waals surface area contributed by atoms with Gasteiger partial charge in [0.25, 0.3) is 0 Å². The van der Waals surface area contributed by atoms with Gasteiger partial charge in [-0.25, -0.2) is 4.98 Å². The van der Waals surface area contributed by atoms with Gasteiger partial charge < -0.3 is 9.52 Å². The van der Waals surface area contributed by atoms with Crippen molar-refractivity contribution >= 4 is 22.7 Å². The molecule has 0 aliphatic heterocycles. The molecule has 122 valence electrons. The fraction of sp³-hybridized carbons (Fsp3) is 0. The highest BCUT2D eigenvalue weighted by Crippen LogP contribution is 2.25. The normalized spacial score (nSPS) is 11.2. The van der Waals surface area contributed by atoms with E-state index in [1.165, 1.54) is 11.6 Å². The molecule has 0 bridgehead atoms. The Hall–Kier alpha value is -3.60. The van der Waals surface area contributed by atoms with Crippen molar-refractivity contribution < 1.29 is 9.52 Å². The van der Waals surface area contributed by atoms with Gasteiger partial charge in [0, 0.05) is 5.56 Å². The highest BCUT2D eigenvalue weighted by molar-refractivity contribution is 5.86. The lowest BCUT2D eigenvalue weighted by Crippen LogP contribution is -1.91. The molecule has 5 nitrogen and oxygen atoms in total. The molecule has 5 heteroatoms. The van der Waals surface area contributed by atoms with Crippen molar-refractivity contribution in [2.75, 3.05) is 5.43 Å². The predicted molar refractivity (Wildman–Crippen MR) is 98.8 cm³/mol. The highest BCUT2D eigenvalue weighted by atomic mass is 16.5. The number of nitrogens with zero attached hydrogens (tertiary/aromatic N) is 2. The summed E-state index contributed by atoms with van der Waals surface area (Å²) >= 11 is 0. The van der Waals surface area contributed by atoms with E-state index in [0.717, 1.165) is 16.6 Å². The molecule has 0 atom stereocenters. The van der Waals surface area contributed by atoms with Gasteiger partial charge in [0.2, 0.25) is 5.89 Å². The zero-order valence-corrected chi connectivity index (χ0v) is 13.3. The van der Waals surface area contributed by atoms with Gasteiger partial charge in [-0.1, -0.05) is 48.5 Å². The Morgan fingerprint density at radius 3 is 2.52 bits per heavy atom. The average Bonchev–Trinajstić information content (AvgIpc) is 3.03. The summed E-state index contributed by atoms with van der Waals surface area (Å²) < 4.78 is 5.29. The van der Waals surface area contributed by atoms with Gasteiger partial charge in [-0.2, -0.15) is 5.10 Å². The van der Waals surface area contributed by atoms with E-state index >= 15 is 0 Å². The largest absolute Gasteiger partial charge is 0.479 e. The van der Waals surface area contributed by atoms with Crippen LogP contribution in [0.4, 0.5) is 5.69 Å². The molecule has 0 spiro atoms. The lowest BCUT2D eigenvalue weighted by atomic mass is 10.1. The Bertz CT molecular complexity index is 1040. The first kappa shape index (κ1) is 15.0. The zero-order valence-electron chi connectivity index (χ0n) is 13.3. The quantitative estimate of drug-likeness (QED) is 0.422. The average molecular weight is 329 g/mol. The molecule has 25 heavy (non-hydrogen) atoms. The fourth-order valence-corrected chi connectivity index (χ4v) is 2.54. The van der Waals surface area contributed by atoms with E-state index in [0.29, 0.717) is 5.89 Å². The molecule has 1 aromatic heterocycles. The van der Waals surface area contributed by atoms with Crippen LogP contribution in [-0.2, 0) is 0 Å². The fourth-order valence-electron chi connectivity index (χ4n) is 2.54. The molecule has 0 radical (unpaired) electrons. The Morgan fingerprint density at radius 2 is 1.68 bits per heavy atom. The number of anilines is 1. The smallest absolute Gasteiger partial charge is 0.312 e. The maximum absolute atomic E-state index is 9.88. The number of benzene rings is 3. The first-order valence-corrected chi connectivity index (χ1v) is 7.83. The van der Waals surface area contributed by atoms with Gasteiger partial charge in [0.05, 0.1) is 11.9 Å². The van der Waals surface area contributed by atoms with E-state index in [1.807, 2.05) is 66.7 Å². The van der Waals surface area contributed by atoms with Crippen LogP contribution in [-0.4, -0.2) is 16.3 Å². The summed E-state index contributed by atoms with van der Waals surface area (Å²) in [6, 6.07) is 23.5. The van der Waals surface area contributed by atoms with Crippen LogP contribution in [0.25, 0.3) is 22.2 Å². The van der Waals surface area contributed by atoms with Crippen LogP contribution in [0.2, 0.25) is 0 Å². The third-order valence-corrected chi connectivity index (χ3v) is 3.79. The van der Waals surface area contributed by atoms with Crippen molar-refractivity contribution in [2.24, 2.45) is 5.10 Å². The number of hydrogen-bond donors (Lipinski definition) is 2. The minimum absolute atomic E-state index is 0.261. The molecule has 0 saturated heterocycles. The number of nitrogens with one attached hydrogen (secondary N) is 1. The van der Waals surface area contributed by atoms with Crippen LogP contribution in [0.1, 0.15) is 5.69 Å². The van der Waals surface area contributed by atoms with Crippen molar-refractivity contribution in [1.29, 1.82) is 0 Å². The van der Waals surface area contributed by atoms with Crippen molar-refractivity contribution in [2.45, 2.75) is 0 Å². The van der Waals surface area contributed by atoms with Crippen LogP contribution in [0.5, 0.6) is 5.95 Å². The summed E-state index contributed by atoms with van der Waals surface area (Å²) in [5.74, 6) is 0.0909. The SMILES string of the molecule is Oc1oc(-c2ccccc2)nc1C=NNc1ccc2ccccc2c1. The second-order valence-corrected chi connectivity index (χ2v) is 5.51. The highest BCUT2D eigenvalue weighted by Gasteiger charge is 2.11. The summed E-state index contributed by atoms with van der Waals surface area (Å²) in [5.41, 5.74) is 4.85. The minimum Gasteiger partial charge on any atom is -0.479 e. The molecule has 0 unspecified atom stereocenters. The molecular weight excluding hydrogens is 314 g/mol. The Balaban J connectivity index is 1.52. The number of hydrazone groups is 1. The predicted octanol–water partition coefficient (Wildman–Crippen LogP) is 4.65. The number of oxazole rings is 1. The first-order chi connectivity index (χ1) is 12.3. The number of aromatic nitrogens is 1. The van der Waals surface area contributed by atoms with Crippen LogP contribution < -0.4 is 5.43 Å². The van der Waals surface area contributed by atoms with Gasteiger partial charge in [-0.3, -0.25) is 5.43 Å². The van der Waals surface area contributed by atoms with Gasteiger partial charge in [0.1, 0.15) is 0 Å². The number of fused-ring (bicyclic) bond motifs is 1. The maximum atomic E-state index is 9.88. The summed E-state index contributed by atoms with van der Waals surface area (Å²) in [4.78, 5) is 4.26. The van der Waals surface area contributed by atoms with Crippen molar-refractivity contribution in [3.05, 3.63) is 78.5 Å². The van der Waals surface area contributed by atoms with Crippen LogP contribution in [0.3, 0.4) is 0 Å². The second kappa shape index (κ2) is 6.49. The van der Waals surface area contributed by atoms with E-state index in [4.69, 9.17) is 4.42 Å². The summed E-state index contributed by atoms with van der Waals surface area (Å²) in [7, 11) is 0. The van der Waals surface area contributed by atoms with E-state index in [1.54, 1.807) is 0 Å². The summed E-state index contributed by atoms with van der Waals surface area (Å²) in [6.07, 6.45) is 1.43. The Labute approximate surface area is 144 Å². The summed E-state index contributed by atoms with van der Waals surface area (Å²) in [5, 5.41) is 16.3. The lowest BCUT2D eigenvalue weighted by Gasteiger charge is -2.02. The van der Waals surface area contributed by atoms with Gasteiger partial charge >= 0.3 is 5.95 Å². The zero-order chi connectivity index (χ0) is 17.1. The van der Waals surface area contributed by atoms with Gasteiger partial charge in [0.15, 0.2) is 5.69 Å². The van der Waals surface area contributed by atoms with Crippen molar-refractivity contribution in [1.82, 2.24) is 4.98 Å². The van der Waals surface area contributed by atoms with Crippen LogP contribution >= 0.6 is 0 Å². The second-order valence-electron chi connectivity index (χ2n) is 5.51. The third-order valence-electron chi connectivity index (χ3n) is 3.79. The standard InChI is InChI=1S/C20H15N3O2/c24-20-18(22-19(25-20)15-7-2-1-3-8-15)13-21-23-17-11-10-14-6-4-5-9-16(14)12-17/h1-13,23-24H. The Morgan fingerprint density at radius 1 is 0.920 bits per heavy atom. The third kappa shape index (κ3) is 3.21. The maximum Gasteiger partial charge on any atom is 0.312 e. The van der Waals surface area contributed by atoms with Crippen molar-refractivity contribution in [3.63, 3.8) is 0 Å². The summed E-state index contributed by atoms with van der Waals surface area (Å²) in [6.45, 7) is 0. The number of rotatable bonds is 4. The number of hydrogen-bond acceptors (Lipinski definition) is 5. The molecule has 4 aromatic rings. The molecule has 0 amide bonds. The van der Waals surface area contributed by atoms with Gasteiger partial charge in [-0.05, 0) is 35.0 Å².